The molecule has 0 aromatic heterocycles. The third kappa shape index (κ3) is 5.02. The zero-order valence-corrected chi connectivity index (χ0v) is 13.3. The molecule has 6 nitrogen and oxygen atoms in total. The monoisotopic (exact) mass is 306 g/mol. The summed E-state index contributed by atoms with van der Waals surface area (Å²) in [5.41, 5.74) is 0.715. The van der Waals surface area contributed by atoms with Crippen molar-refractivity contribution in [2.75, 3.05) is 6.54 Å². The Hall–Kier alpha value is -2.10. The van der Waals surface area contributed by atoms with E-state index in [0.29, 0.717) is 16.7 Å². The lowest BCUT2D eigenvalue weighted by molar-refractivity contribution is 0.0125. The highest BCUT2D eigenvalue weighted by Gasteiger charge is 2.24. The minimum Gasteiger partial charge on any atom is -0.444 e. The molecule has 1 aromatic rings. The molecule has 2 unspecified atom stereocenters. The largest absolute Gasteiger partial charge is 0.444 e. The molecule has 0 bridgehead atoms. The smallest absolute Gasteiger partial charge is 0.407 e. The van der Waals surface area contributed by atoms with Gasteiger partial charge in [-0.2, -0.15) is 5.26 Å². The number of hydrogen-bond acceptors (Lipinski definition) is 5. The van der Waals surface area contributed by atoms with Crippen molar-refractivity contribution < 1.29 is 19.7 Å². The van der Waals surface area contributed by atoms with E-state index < -0.39 is 23.9 Å². The summed E-state index contributed by atoms with van der Waals surface area (Å²) in [4.78, 5) is 11.5. The predicted molar refractivity (Wildman–Crippen MR) is 81.1 cm³/mol. The van der Waals surface area contributed by atoms with E-state index in [9.17, 15) is 15.0 Å². The van der Waals surface area contributed by atoms with E-state index in [-0.39, 0.29) is 6.54 Å². The van der Waals surface area contributed by atoms with Gasteiger partial charge in [-0.15, -0.1) is 0 Å². The molecule has 1 rings (SSSR count). The lowest BCUT2D eigenvalue weighted by Crippen LogP contribution is -2.39. The molecule has 0 fully saturated rings. The van der Waals surface area contributed by atoms with E-state index >= 15 is 0 Å². The lowest BCUT2D eigenvalue weighted by atomic mass is 9.94. The van der Waals surface area contributed by atoms with Gasteiger partial charge < -0.3 is 20.3 Å². The first-order valence-corrected chi connectivity index (χ1v) is 6.98. The molecule has 1 aromatic carbocycles. The van der Waals surface area contributed by atoms with Gasteiger partial charge >= 0.3 is 6.09 Å². The molecule has 0 saturated carbocycles. The maximum Gasteiger partial charge on any atom is 0.407 e. The van der Waals surface area contributed by atoms with E-state index in [2.05, 4.69) is 5.32 Å². The Kier molecular flexibility index (Phi) is 5.92. The van der Waals surface area contributed by atoms with Crippen molar-refractivity contribution in [2.24, 2.45) is 0 Å². The van der Waals surface area contributed by atoms with Crippen molar-refractivity contribution in [3.05, 3.63) is 34.9 Å². The van der Waals surface area contributed by atoms with Gasteiger partial charge in [-0.1, -0.05) is 12.1 Å². The summed E-state index contributed by atoms with van der Waals surface area (Å²) >= 11 is 0. The minimum atomic E-state index is -1.27. The number of aryl methyl sites for hydroxylation is 1. The Morgan fingerprint density at radius 1 is 1.41 bits per heavy atom. The van der Waals surface area contributed by atoms with Crippen LogP contribution in [0.5, 0.6) is 0 Å². The third-order valence-electron chi connectivity index (χ3n) is 2.96. The van der Waals surface area contributed by atoms with Gasteiger partial charge in [0.1, 0.15) is 17.8 Å². The summed E-state index contributed by atoms with van der Waals surface area (Å²) in [6.07, 6.45) is -3.20. The van der Waals surface area contributed by atoms with Crippen molar-refractivity contribution in [1.29, 1.82) is 5.26 Å². The lowest BCUT2D eigenvalue weighted by Gasteiger charge is -2.23. The highest BCUT2D eigenvalue weighted by molar-refractivity contribution is 5.67. The van der Waals surface area contributed by atoms with Crippen LogP contribution in [0.15, 0.2) is 18.2 Å². The highest BCUT2D eigenvalue weighted by Crippen LogP contribution is 2.24. The van der Waals surface area contributed by atoms with E-state index in [0.717, 1.165) is 0 Å². The number of nitrogens with one attached hydrogen (secondary N) is 1. The van der Waals surface area contributed by atoms with E-state index in [4.69, 9.17) is 10.00 Å². The number of ether oxygens (including phenoxy) is 1. The Morgan fingerprint density at radius 3 is 2.59 bits per heavy atom. The fourth-order valence-corrected chi connectivity index (χ4v) is 1.98. The van der Waals surface area contributed by atoms with Crippen LogP contribution >= 0.6 is 0 Å². The van der Waals surface area contributed by atoms with E-state index in [1.54, 1.807) is 45.9 Å². The molecule has 0 heterocycles. The number of alkyl carbamates (subject to hydrolysis) is 1. The standard InChI is InChI=1S/C16H22N2O4/c1-10-6-5-7-11(8-17)13(10)14(20)12(19)9-18-15(21)22-16(2,3)4/h5-7,12,14,19-20H,9H2,1-4H3,(H,18,21). The van der Waals surface area contributed by atoms with Crippen LogP contribution in [0.4, 0.5) is 4.79 Å². The number of benzene rings is 1. The zero-order valence-electron chi connectivity index (χ0n) is 13.3. The number of nitriles is 1. The fraction of sp³-hybridized carbons (Fsp3) is 0.500. The second-order valence-corrected chi connectivity index (χ2v) is 6.04. The van der Waals surface area contributed by atoms with Gasteiger partial charge in [0, 0.05) is 12.1 Å². The van der Waals surface area contributed by atoms with Crippen LogP contribution in [-0.4, -0.2) is 34.6 Å². The number of rotatable bonds is 4. The van der Waals surface area contributed by atoms with E-state index in [1.807, 2.05) is 6.07 Å². The zero-order chi connectivity index (χ0) is 16.9. The van der Waals surface area contributed by atoms with Gasteiger partial charge in [0.25, 0.3) is 0 Å². The first-order chi connectivity index (χ1) is 10.2. The normalized spacial score (nSPS) is 13.9. The summed E-state index contributed by atoms with van der Waals surface area (Å²) in [6, 6.07) is 7.00. The molecule has 3 N–H and O–H groups in total. The van der Waals surface area contributed by atoms with Gasteiger partial charge in [0.15, 0.2) is 0 Å². The van der Waals surface area contributed by atoms with Crippen LogP contribution in [0.1, 0.15) is 43.6 Å². The molecule has 0 aliphatic rings. The van der Waals surface area contributed by atoms with Crippen molar-refractivity contribution in [2.45, 2.75) is 45.5 Å². The van der Waals surface area contributed by atoms with Gasteiger partial charge in [-0.05, 0) is 39.3 Å². The van der Waals surface area contributed by atoms with Crippen LogP contribution < -0.4 is 5.32 Å². The average molecular weight is 306 g/mol. The number of carbonyl (C=O) groups excluding carboxylic acids is 1. The molecule has 6 heteroatoms. The fourth-order valence-electron chi connectivity index (χ4n) is 1.98. The second-order valence-electron chi connectivity index (χ2n) is 6.04. The van der Waals surface area contributed by atoms with Crippen LogP contribution in [0.25, 0.3) is 0 Å². The van der Waals surface area contributed by atoms with Crippen molar-refractivity contribution >= 4 is 6.09 Å². The van der Waals surface area contributed by atoms with Gasteiger partial charge in [0.2, 0.25) is 0 Å². The third-order valence-corrected chi connectivity index (χ3v) is 2.96. The summed E-state index contributed by atoms with van der Waals surface area (Å²) < 4.78 is 5.05. The topological polar surface area (TPSA) is 103 Å². The van der Waals surface area contributed by atoms with Crippen LogP contribution in [-0.2, 0) is 4.74 Å². The number of aliphatic hydroxyl groups is 2. The van der Waals surface area contributed by atoms with Crippen molar-refractivity contribution in [3.8, 4) is 6.07 Å². The first-order valence-electron chi connectivity index (χ1n) is 6.98. The summed E-state index contributed by atoms with van der Waals surface area (Å²) in [5.74, 6) is 0. The van der Waals surface area contributed by atoms with Crippen LogP contribution in [0, 0.1) is 18.3 Å². The molecule has 0 aliphatic heterocycles. The Bertz CT molecular complexity index is 572. The average Bonchev–Trinajstić information content (AvgIpc) is 2.41. The van der Waals surface area contributed by atoms with E-state index in [1.165, 1.54) is 0 Å². The summed E-state index contributed by atoms with van der Waals surface area (Å²) in [5, 5.41) is 31.7. The van der Waals surface area contributed by atoms with Crippen LogP contribution in [0.3, 0.4) is 0 Å². The predicted octanol–water partition coefficient (Wildman–Crippen LogP) is 1.79. The maximum atomic E-state index is 11.5. The summed E-state index contributed by atoms with van der Waals surface area (Å²) in [7, 11) is 0. The Morgan fingerprint density at radius 2 is 2.05 bits per heavy atom. The molecular weight excluding hydrogens is 284 g/mol. The molecule has 0 radical (unpaired) electrons. The molecule has 0 spiro atoms. The molecule has 120 valence electrons. The number of amides is 1. The Labute approximate surface area is 130 Å². The van der Waals surface area contributed by atoms with Crippen molar-refractivity contribution in [3.63, 3.8) is 0 Å². The number of nitrogens with zero attached hydrogens (tertiary/aromatic N) is 1. The molecule has 0 saturated heterocycles. The number of carbonyl (C=O) groups is 1. The molecule has 2 atom stereocenters. The van der Waals surface area contributed by atoms with Crippen molar-refractivity contribution in [1.82, 2.24) is 5.32 Å². The molecule has 0 aliphatic carbocycles. The van der Waals surface area contributed by atoms with Crippen LogP contribution in [0.2, 0.25) is 0 Å². The highest BCUT2D eigenvalue weighted by atomic mass is 16.6. The number of aliphatic hydroxyl groups excluding tert-OH is 2. The second kappa shape index (κ2) is 7.25. The van der Waals surface area contributed by atoms with Gasteiger partial charge in [-0.25, -0.2) is 4.79 Å². The molecular formula is C16H22N2O4. The van der Waals surface area contributed by atoms with Gasteiger partial charge in [0.05, 0.1) is 11.6 Å². The minimum absolute atomic E-state index is 0.185. The first kappa shape index (κ1) is 18.0. The maximum absolute atomic E-state index is 11.5. The Balaban J connectivity index is 2.73. The quantitative estimate of drug-likeness (QED) is 0.787. The molecule has 1 amide bonds. The van der Waals surface area contributed by atoms with Gasteiger partial charge in [-0.3, -0.25) is 0 Å². The number of hydrogen-bond donors (Lipinski definition) is 3. The molecule has 22 heavy (non-hydrogen) atoms. The SMILES string of the molecule is Cc1cccc(C#N)c1C(O)C(O)CNC(=O)OC(C)(C)C. The summed E-state index contributed by atoms with van der Waals surface area (Å²) in [6.45, 7) is 6.74.